The van der Waals surface area contributed by atoms with Crippen LogP contribution in [0.2, 0.25) is 10.0 Å². The van der Waals surface area contributed by atoms with Crippen molar-refractivity contribution in [2.24, 2.45) is 0 Å². The summed E-state index contributed by atoms with van der Waals surface area (Å²) in [6, 6.07) is 2.28. The number of amides is 1. The van der Waals surface area contributed by atoms with E-state index in [4.69, 9.17) is 32.7 Å². The SMILES string of the molecule is CNc1ncc2cc(-c3c(Cl)c(OC)cc(OC)c3Cl)c(=O)n(CCN(C(=O)C(F)(F)F)C3CNC3)c2n1. The van der Waals surface area contributed by atoms with Crippen LogP contribution in [0.4, 0.5) is 19.1 Å². The lowest BCUT2D eigenvalue weighted by atomic mass is 10.0. The van der Waals surface area contributed by atoms with E-state index in [1.165, 1.54) is 37.1 Å². The summed E-state index contributed by atoms with van der Waals surface area (Å²) in [6.45, 7) is -0.278. The van der Waals surface area contributed by atoms with Gasteiger partial charge in [-0.15, -0.1) is 0 Å². The number of fused-ring (bicyclic) bond motifs is 1. The number of hydrogen-bond donors (Lipinski definition) is 2. The van der Waals surface area contributed by atoms with Gasteiger partial charge < -0.3 is 25.0 Å². The second-order valence-electron chi connectivity index (χ2n) is 8.33. The van der Waals surface area contributed by atoms with Gasteiger partial charge in [-0.25, -0.2) is 4.98 Å². The van der Waals surface area contributed by atoms with Gasteiger partial charge in [-0.3, -0.25) is 14.2 Å². The largest absolute Gasteiger partial charge is 0.495 e. The Morgan fingerprint density at radius 2 is 1.84 bits per heavy atom. The summed E-state index contributed by atoms with van der Waals surface area (Å²) in [5.74, 6) is -1.42. The Morgan fingerprint density at radius 3 is 2.34 bits per heavy atom. The fourth-order valence-corrected chi connectivity index (χ4v) is 4.81. The molecule has 0 atom stereocenters. The van der Waals surface area contributed by atoms with Crippen LogP contribution < -0.4 is 25.7 Å². The molecule has 1 aromatic carbocycles. The average Bonchev–Trinajstić information content (AvgIpc) is 2.85. The minimum absolute atomic E-state index is 0.0181. The molecule has 0 saturated carbocycles. The van der Waals surface area contributed by atoms with E-state index in [1.807, 2.05) is 0 Å². The monoisotopic (exact) mass is 574 g/mol. The third-order valence-corrected chi connectivity index (χ3v) is 6.91. The second-order valence-corrected chi connectivity index (χ2v) is 9.09. The minimum Gasteiger partial charge on any atom is -0.495 e. The Morgan fingerprint density at radius 1 is 1.21 bits per heavy atom. The van der Waals surface area contributed by atoms with Crippen molar-refractivity contribution in [3.8, 4) is 22.6 Å². The third-order valence-electron chi connectivity index (χ3n) is 6.16. The fraction of sp³-hybridized carbons (Fsp3) is 0.391. The van der Waals surface area contributed by atoms with E-state index in [1.54, 1.807) is 7.05 Å². The van der Waals surface area contributed by atoms with Gasteiger partial charge in [-0.05, 0) is 6.07 Å². The number of anilines is 1. The molecule has 0 aliphatic carbocycles. The molecule has 1 aliphatic rings. The molecule has 2 N–H and O–H groups in total. The number of pyridine rings is 1. The summed E-state index contributed by atoms with van der Waals surface area (Å²) in [4.78, 5) is 35.3. The first-order valence-corrected chi connectivity index (χ1v) is 12.0. The number of halogens is 5. The van der Waals surface area contributed by atoms with Crippen LogP contribution in [0.3, 0.4) is 0 Å². The van der Waals surface area contributed by atoms with Crippen molar-refractivity contribution in [3.05, 3.63) is 38.7 Å². The summed E-state index contributed by atoms with van der Waals surface area (Å²) in [6.07, 6.45) is -3.62. The molecule has 38 heavy (non-hydrogen) atoms. The van der Waals surface area contributed by atoms with E-state index >= 15 is 0 Å². The number of rotatable bonds is 8. The van der Waals surface area contributed by atoms with Crippen LogP contribution >= 0.6 is 23.2 Å². The normalized spacial score (nSPS) is 13.8. The maximum absolute atomic E-state index is 13.9. The maximum Gasteiger partial charge on any atom is 0.471 e. The lowest BCUT2D eigenvalue weighted by molar-refractivity contribution is -0.189. The highest BCUT2D eigenvalue weighted by atomic mass is 35.5. The summed E-state index contributed by atoms with van der Waals surface area (Å²) >= 11 is 13.1. The number of hydrogen-bond acceptors (Lipinski definition) is 8. The molecule has 1 saturated heterocycles. The molecule has 1 aliphatic heterocycles. The number of carbonyl (C=O) groups is 1. The highest BCUT2D eigenvalue weighted by molar-refractivity contribution is 6.41. The zero-order valence-corrected chi connectivity index (χ0v) is 22.0. The van der Waals surface area contributed by atoms with Crippen LogP contribution in [0.5, 0.6) is 11.5 Å². The topological polar surface area (TPSA) is 111 Å². The Bertz CT molecular complexity index is 1420. The summed E-state index contributed by atoms with van der Waals surface area (Å²) < 4.78 is 51.8. The first-order chi connectivity index (χ1) is 18.0. The molecule has 0 radical (unpaired) electrons. The van der Waals surface area contributed by atoms with Crippen LogP contribution in [-0.2, 0) is 11.3 Å². The van der Waals surface area contributed by atoms with E-state index < -0.39 is 30.2 Å². The number of alkyl halides is 3. The predicted octanol–water partition coefficient (Wildman–Crippen LogP) is 3.19. The lowest BCUT2D eigenvalue weighted by Crippen LogP contribution is -2.61. The smallest absolute Gasteiger partial charge is 0.471 e. The van der Waals surface area contributed by atoms with Crippen LogP contribution in [-0.4, -0.2) is 78.5 Å². The van der Waals surface area contributed by atoms with Crippen molar-refractivity contribution in [1.82, 2.24) is 24.8 Å². The van der Waals surface area contributed by atoms with Crippen molar-refractivity contribution in [1.29, 1.82) is 0 Å². The summed E-state index contributed by atoms with van der Waals surface area (Å²) in [7, 11) is 4.34. The first-order valence-electron chi connectivity index (χ1n) is 11.3. The molecular weight excluding hydrogens is 552 g/mol. The van der Waals surface area contributed by atoms with Gasteiger partial charge in [0.2, 0.25) is 5.95 Å². The molecule has 2 aromatic heterocycles. The molecule has 15 heteroatoms. The van der Waals surface area contributed by atoms with Gasteiger partial charge in [-0.1, -0.05) is 23.2 Å². The van der Waals surface area contributed by atoms with E-state index in [0.29, 0.717) is 5.39 Å². The molecule has 0 bridgehead atoms. The Hall–Kier alpha value is -3.29. The quantitative estimate of drug-likeness (QED) is 0.422. The number of carbonyl (C=O) groups excluding carboxylic acids is 1. The number of nitrogens with one attached hydrogen (secondary N) is 2. The first kappa shape index (κ1) is 27.7. The summed E-state index contributed by atoms with van der Waals surface area (Å²) in [5.41, 5.74) is -0.381. The Balaban J connectivity index is 1.90. The lowest BCUT2D eigenvalue weighted by Gasteiger charge is -2.38. The molecule has 0 unspecified atom stereocenters. The van der Waals surface area contributed by atoms with Gasteiger partial charge in [0.1, 0.15) is 17.1 Å². The van der Waals surface area contributed by atoms with Crippen LogP contribution in [0.15, 0.2) is 23.1 Å². The maximum atomic E-state index is 13.9. The zero-order chi connectivity index (χ0) is 27.8. The Labute approximate surface area is 224 Å². The van der Waals surface area contributed by atoms with Crippen molar-refractivity contribution in [2.75, 3.05) is 46.2 Å². The van der Waals surface area contributed by atoms with E-state index in [-0.39, 0.29) is 63.9 Å². The zero-order valence-electron chi connectivity index (χ0n) is 20.4. The van der Waals surface area contributed by atoms with E-state index in [2.05, 4.69) is 20.6 Å². The predicted molar refractivity (Wildman–Crippen MR) is 136 cm³/mol. The van der Waals surface area contributed by atoms with Gasteiger partial charge in [0.05, 0.1) is 35.9 Å². The Kier molecular flexibility index (Phi) is 7.90. The van der Waals surface area contributed by atoms with E-state index in [9.17, 15) is 22.8 Å². The number of ether oxygens (including phenoxy) is 2. The fourth-order valence-electron chi connectivity index (χ4n) is 4.10. The molecule has 4 rings (SSSR count). The summed E-state index contributed by atoms with van der Waals surface area (Å²) in [5, 5.41) is 6.06. The van der Waals surface area contributed by atoms with Crippen molar-refractivity contribution >= 4 is 46.1 Å². The average molecular weight is 575 g/mol. The van der Waals surface area contributed by atoms with Gasteiger partial charge in [0.15, 0.2) is 0 Å². The highest BCUT2D eigenvalue weighted by Gasteiger charge is 2.45. The van der Waals surface area contributed by atoms with Gasteiger partial charge in [0, 0.05) is 56.4 Å². The number of nitrogens with zero attached hydrogens (tertiary/aromatic N) is 4. The molecule has 1 amide bonds. The number of benzene rings is 1. The third kappa shape index (κ3) is 5.05. The number of methoxy groups -OCH3 is 2. The van der Waals surface area contributed by atoms with Crippen molar-refractivity contribution < 1.29 is 27.4 Å². The van der Waals surface area contributed by atoms with Crippen LogP contribution in [0.25, 0.3) is 22.2 Å². The molecular formula is C23H23Cl2F3N6O4. The van der Waals surface area contributed by atoms with Crippen molar-refractivity contribution in [3.63, 3.8) is 0 Å². The minimum atomic E-state index is -5.07. The van der Waals surface area contributed by atoms with Gasteiger partial charge >= 0.3 is 12.1 Å². The molecule has 204 valence electrons. The van der Waals surface area contributed by atoms with E-state index in [0.717, 1.165) is 4.90 Å². The molecule has 10 nitrogen and oxygen atoms in total. The molecule has 3 heterocycles. The standard InChI is InChI=1S/C23H23Cl2F3N6O4/c1-29-22-31-8-11-6-13(16-17(24)14(37-2)7-15(38-3)18(16)25)20(35)34(19(11)32-22)5-4-33(12-9-30-10-12)21(36)23(26,27)28/h6-8,12,30H,4-5,9-10H2,1-3H3,(H,29,31,32). The van der Waals surface area contributed by atoms with Gasteiger partial charge in [0.25, 0.3) is 5.56 Å². The second kappa shape index (κ2) is 10.8. The number of aromatic nitrogens is 3. The molecule has 1 fully saturated rings. The van der Waals surface area contributed by atoms with Crippen LogP contribution in [0, 0.1) is 0 Å². The molecule has 0 spiro atoms. The molecule has 3 aromatic rings. The van der Waals surface area contributed by atoms with Gasteiger partial charge in [-0.2, -0.15) is 18.2 Å². The van der Waals surface area contributed by atoms with Crippen molar-refractivity contribution in [2.45, 2.75) is 18.8 Å². The van der Waals surface area contributed by atoms with Crippen LogP contribution in [0.1, 0.15) is 0 Å². The highest BCUT2D eigenvalue weighted by Crippen LogP contribution is 2.45.